The molecule has 1 aliphatic heterocycles. The van der Waals surface area contributed by atoms with Crippen LogP contribution in [-0.4, -0.2) is 48.9 Å². The predicted octanol–water partition coefficient (Wildman–Crippen LogP) is 6.72. The van der Waals surface area contributed by atoms with Crippen molar-refractivity contribution in [1.82, 2.24) is 4.90 Å². The van der Waals surface area contributed by atoms with Crippen molar-refractivity contribution in [3.8, 4) is 11.5 Å². The zero-order valence-electron chi connectivity index (χ0n) is 22.3. The molecule has 0 spiro atoms. The first-order chi connectivity index (χ1) is 17.8. The third-order valence-electron chi connectivity index (χ3n) is 5.88. The summed E-state index contributed by atoms with van der Waals surface area (Å²) in [5.74, 6) is -0.832. The highest BCUT2D eigenvalue weighted by Crippen LogP contribution is 2.44. The van der Waals surface area contributed by atoms with Gasteiger partial charge in [0.05, 0.1) is 31.4 Å². The van der Waals surface area contributed by atoms with E-state index in [-0.39, 0.29) is 54.6 Å². The molecule has 0 radical (unpaired) electrons. The number of rotatable bonds is 7. The molecule has 2 aromatic carbocycles. The Morgan fingerprint density at radius 2 is 1.82 bits per heavy atom. The van der Waals surface area contributed by atoms with E-state index in [2.05, 4.69) is 0 Å². The van der Waals surface area contributed by atoms with Crippen molar-refractivity contribution in [3.05, 3.63) is 58.7 Å². The lowest BCUT2D eigenvalue weighted by atomic mass is 9.90. The third-order valence-corrected chi connectivity index (χ3v) is 5.88. The highest BCUT2D eigenvalue weighted by Gasteiger charge is 2.43. The van der Waals surface area contributed by atoms with E-state index in [1.54, 1.807) is 39.0 Å². The van der Waals surface area contributed by atoms with Crippen LogP contribution in [-0.2, 0) is 15.7 Å². The fraction of sp³-hybridized carbons (Fsp3) is 0.500. The van der Waals surface area contributed by atoms with Gasteiger partial charge in [-0.3, -0.25) is 4.90 Å². The summed E-state index contributed by atoms with van der Waals surface area (Å²) in [5.41, 5.74) is -2.78. The van der Waals surface area contributed by atoms with Gasteiger partial charge in [-0.05, 0) is 63.4 Å². The first-order valence-electron chi connectivity index (χ1n) is 12.6. The Kier molecular flexibility index (Phi) is 9.30. The minimum atomic E-state index is -4.85. The van der Waals surface area contributed by atoms with Crippen molar-refractivity contribution >= 4 is 12.1 Å². The molecule has 0 aliphatic carbocycles. The molecule has 1 atom stereocenters. The smallest absolute Gasteiger partial charge is 0.417 e. The van der Waals surface area contributed by atoms with E-state index in [0.29, 0.717) is 6.42 Å². The average Bonchev–Trinajstić information content (AvgIpc) is 2.82. The highest BCUT2D eigenvalue weighted by atomic mass is 19.4. The zero-order chi connectivity index (χ0) is 28.1. The Hall–Kier alpha value is -3.27. The summed E-state index contributed by atoms with van der Waals surface area (Å²) in [4.78, 5) is 27.4. The summed E-state index contributed by atoms with van der Waals surface area (Å²) >= 11 is 0. The quantitative estimate of drug-likeness (QED) is 0.222. The lowest BCUT2D eigenvalue weighted by Gasteiger charge is -2.38. The van der Waals surface area contributed by atoms with Crippen LogP contribution in [0.4, 0.5) is 18.0 Å². The number of hydrogen-bond acceptors (Lipinski definition) is 6. The lowest BCUT2D eigenvalue weighted by Crippen LogP contribution is -2.46. The van der Waals surface area contributed by atoms with Crippen LogP contribution in [0, 0.1) is 6.92 Å². The van der Waals surface area contributed by atoms with E-state index in [4.69, 9.17) is 18.9 Å². The van der Waals surface area contributed by atoms with Crippen LogP contribution in [0.1, 0.15) is 73.6 Å². The lowest BCUT2D eigenvalue weighted by molar-refractivity contribution is -0.140. The average molecular weight is 538 g/mol. The van der Waals surface area contributed by atoms with Crippen LogP contribution in [0.2, 0.25) is 0 Å². The normalized spacial score (nSPS) is 16.2. The SMILES string of the molecule is CCCCOc1cc(C2COCCN2C(=O)OC(C)(C)C)c(C(F)(F)F)c(C)c1C(=O)Oc1ccccc1. The molecular formula is C28H34F3NO6. The molecule has 1 saturated heterocycles. The maximum atomic E-state index is 14.6. The number of ether oxygens (including phenoxy) is 4. The van der Waals surface area contributed by atoms with Gasteiger partial charge in [0.1, 0.15) is 22.7 Å². The van der Waals surface area contributed by atoms with Crippen molar-refractivity contribution in [1.29, 1.82) is 0 Å². The van der Waals surface area contributed by atoms with Crippen LogP contribution in [0.3, 0.4) is 0 Å². The maximum absolute atomic E-state index is 14.6. The summed E-state index contributed by atoms with van der Waals surface area (Å²) in [5, 5.41) is 0. The van der Waals surface area contributed by atoms with Crippen molar-refractivity contribution in [3.63, 3.8) is 0 Å². The van der Waals surface area contributed by atoms with Gasteiger partial charge >= 0.3 is 18.2 Å². The molecule has 3 rings (SSSR count). The van der Waals surface area contributed by atoms with Crippen LogP contribution in [0.5, 0.6) is 11.5 Å². The van der Waals surface area contributed by atoms with Crippen LogP contribution in [0.15, 0.2) is 36.4 Å². The summed E-state index contributed by atoms with van der Waals surface area (Å²) in [7, 11) is 0. The molecule has 1 amide bonds. The van der Waals surface area contributed by atoms with E-state index < -0.39 is 35.4 Å². The fourth-order valence-electron chi connectivity index (χ4n) is 4.19. The monoisotopic (exact) mass is 537 g/mol. The Morgan fingerprint density at radius 3 is 2.42 bits per heavy atom. The Bertz CT molecular complexity index is 1130. The van der Waals surface area contributed by atoms with Crippen LogP contribution < -0.4 is 9.47 Å². The number of esters is 1. The molecule has 208 valence electrons. The third kappa shape index (κ3) is 7.18. The van der Waals surface area contributed by atoms with Crippen molar-refractivity contribution in [2.45, 2.75) is 65.3 Å². The Morgan fingerprint density at radius 1 is 1.13 bits per heavy atom. The maximum Gasteiger partial charge on any atom is 0.417 e. The fourth-order valence-corrected chi connectivity index (χ4v) is 4.19. The number of halogens is 3. The first kappa shape index (κ1) is 29.3. The predicted molar refractivity (Wildman–Crippen MR) is 134 cm³/mol. The van der Waals surface area contributed by atoms with Gasteiger partial charge in [0.2, 0.25) is 0 Å². The van der Waals surface area contributed by atoms with Crippen LogP contribution in [0.25, 0.3) is 0 Å². The summed E-state index contributed by atoms with van der Waals surface area (Å²) in [6, 6.07) is 8.15. The molecule has 1 fully saturated rings. The number of carbonyl (C=O) groups excluding carboxylic acids is 2. The standard InChI is InChI=1S/C28H34F3NO6/c1-6-7-14-36-22-16-20(21-17-35-15-13-32(21)26(34)38-27(3,4)5)24(28(29,30)31)18(2)23(22)25(33)37-19-11-9-8-10-12-19/h8-12,16,21H,6-7,13-15,17H2,1-5H3. The second-order valence-corrected chi connectivity index (χ2v) is 10.0. The molecule has 2 aromatic rings. The summed E-state index contributed by atoms with van der Waals surface area (Å²) in [6.45, 7) is 8.39. The van der Waals surface area contributed by atoms with Gasteiger partial charge in [0.25, 0.3) is 0 Å². The molecule has 0 aromatic heterocycles. The van der Waals surface area contributed by atoms with E-state index in [1.807, 2.05) is 6.92 Å². The van der Waals surface area contributed by atoms with E-state index in [1.165, 1.54) is 30.0 Å². The topological polar surface area (TPSA) is 74.3 Å². The summed E-state index contributed by atoms with van der Waals surface area (Å²) in [6.07, 6.45) is -4.20. The number of morpholine rings is 1. The molecule has 7 nitrogen and oxygen atoms in total. The van der Waals surface area contributed by atoms with Crippen molar-refractivity contribution in [2.24, 2.45) is 0 Å². The number of para-hydroxylation sites is 1. The highest BCUT2D eigenvalue weighted by molar-refractivity contribution is 5.96. The second kappa shape index (κ2) is 12.1. The second-order valence-electron chi connectivity index (χ2n) is 10.0. The Balaban J connectivity index is 2.16. The number of nitrogens with zero attached hydrogens (tertiary/aromatic N) is 1. The molecule has 1 aliphatic rings. The van der Waals surface area contributed by atoms with Gasteiger partial charge in [-0.1, -0.05) is 31.5 Å². The van der Waals surface area contributed by atoms with Gasteiger partial charge in [-0.15, -0.1) is 0 Å². The number of unbranched alkanes of at least 4 members (excludes halogenated alkanes) is 1. The molecule has 1 unspecified atom stereocenters. The number of benzene rings is 2. The van der Waals surface area contributed by atoms with Gasteiger partial charge < -0.3 is 18.9 Å². The minimum Gasteiger partial charge on any atom is -0.493 e. The molecule has 0 bridgehead atoms. The van der Waals surface area contributed by atoms with Gasteiger partial charge in [0, 0.05) is 6.54 Å². The van der Waals surface area contributed by atoms with E-state index >= 15 is 0 Å². The van der Waals surface area contributed by atoms with Crippen molar-refractivity contribution < 1.29 is 41.7 Å². The van der Waals surface area contributed by atoms with Gasteiger partial charge in [0.15, 0.2) is 0 Å². The molecule has 0 N–H and O–H groups in total. The largest absolute Gasteiger partial charge is 0.493 e. The molecule has 1 heterocycles. The first-order valence-corrected chi connectivity index (χ1v) is 12.6. The van der Waals surface area contributed by atoms with Gasteiger partial charge in [-0.2, -0.15) is 13.2 Å². The van der Waals surface area contributed by atoms with Gasteiger partial charge in [-0.25, -0.2) is 9.59 Å². The number of hydrogen-bond donors (Lipinski definition) is 0. The van der Waals surface area contributed by atoms with Crippen molar-refractivity contribution in [2.75, 3.05) is 26.4 Å². The number of amides is 1. The molecule has 0 saturated carbocycles. The minimum absolute atomic E-state index is 0.0414. The molecular weight excluding hydrogens is 503 g/mol. The van der Waals surface area contributed by atoms with E-state index in [0.717, 1.165) is 6.42 Å². The van der Waals surface area contributed by atoms with E-state index in [9.17, 15) is 22.8 Å². The van der Waals surface area contributed by atoms with Crippen LogP contribution >= 0.6 is 0 Å². The zero-order valence-corrected chi connectivity index (χ0v) is 22.3. The molecule has 10 heteroatoms. The Labute approximate surface area is 220 Å². The number of alkyl halides is 3. The molecule has 38 heavy (non-hydrogen) atoms. The summed E-state index contributed by atoms with van der Waals surface area (Å²) < 4.78 is 66.0. The number of carbonyl (C=O) groups is 2.